The summed E-state index contributed by atoms with van der Waals surface area (Å²) >= 11 is 6.11. The van der Waals surface area contributed by atoms with Gasteiger partial charge in [0.1, 0.15) is 11.4 Å². The average molecular weight is 326 g/mol. The van der Waals surface area contributed by atoms with E-state index < -0.39 is 5.60 Å². The van der Waals surface area contributed by atoms with E-state index in [1.54, 1.807) is 25.3 Å². The molecule has 1 N–H and O–H groups in total. The second kappa shape index (κ2) is 7.34. The molecule has 0 aromatic heterocycles. The Hall–Kier alpha value is -1.26. The number of ether oxygens (including phenoxy) is 2. The average Bonchev–Trinajstić information content (AvgIpc) is 2.47. The van der Waals surface area contributed by atoms with Crippen molar-refractivity contribution in [2.24, 2.45) is 5.92 Å². The highest BCUT2D eigenvalue weighted by Gasteiger charge is 2.42. The standard InChI is InChI=1S/C17H24ClNO3/c1-4-22-17(9-5-6-12(2)11-17)16(20)19-13-7-8-15(21-3)14(18)10-13/h7-8,10,12H,4-6,9,11H2,1-3H3,(H,19,20)/t12-,17-/m0/s1. The van der Waals surface area contributed by atoms with Gasteiger partial charge in [0.2, 0.25) is 0 Å². The van der Waals surface area contributed by atoms with Crippen LogP contribution in [0.2, 0.25) is 5.02 Å². The summed E-state index contributed by atoms with van der Waals surface area (Å²) in [5.74, 6) is 0.998. The zero-order valence-electron chi connectivity index (χ0n) is 13.4. The third kappa shape index (κ3) is 3.73. The first-order chi connectivity index (χ1) is 10.5. The number of rotatable bonds is 5. The number of amides is 1. The number of hydrogen-bond acceptors (Lipinski definition) is 3. The van der Waals surface area contributed by atoms with Crippen molar-refractivity contribution in [3.05, 3.63) is 23.2 Å². The Morgan fingerprint density at radius 1 is 1.50 bits per heavy atom. The van der Waals surface area contributed by atoms with Gasteiger partial charge >= 0.3 is 0 Å². The molecule has 1 aromatic rings. The van der Waals surface area contributed by atoms with Gasteiger partial charge in [-0.25, -0.2) is 0 Å². The molecule has 2 atom stereocenters. The van der Waals surface area contributed by atoms with Crippen molar-refractivity contribution in [1.29, 1.82) is 0 Å². The van der Waals surface area contributed by atoms with Crippen LogP contribution in [-0.2, 0) is 9.53 Å². The molecule has 122 valence electrons. The molecular formula is C17H24ClNO3. The van der Waals surface area contributed by atoms with Gasteiger partial charge in [-0.15, -0.1) is 0 Å². The lowest BCUT2D eigenvalue weighted by Gasteiger charge is -2.38. The fourth-order valence-electron chi connectivity index (χ4n) is 3.17. The molecule has 1 aliphatic carbocycles. The zero-order chi connectivity index (χ0) is 16.2. The monoisotopic (exact) mass is 325 g/mol. The molecule has 1 aromatic carbocycles. The predicted octanol–water partition coefficient (Wildman–Crippen LogP) is 4.27. The Labute approximate surface area is 137 Å². The molecule has 0 bridgehead atoms. The van der Waals surface area contributed by atoms with Crippen LogP contribution in [0.1, 0.15) is 39.5 Å². The number of carbonyl (C=O) groups excluding carboxylic acids is 1. The summed E-state index contributed by atoms with van der Waals surface area (Å²) in [6, 6.07) is 5.23. The van der Waals surface area contributed by atoms with E-state index in [9.17, 15) is 4.79 Å². The van der Waals surface area contributed by atoms with Crippen LogP contribution < -0.4 is 10.1 Å². The molecule has 0 heterocycles. The molecule has 2 rings (SSSR count). The summed E-state index contributed by atoms with van der Waals surface area (Å²) in [4.78, 5) is 12.8. The molecule has 1 amide bonds. The van der Waals surface area contributed by atoms with E-state index >= 15 is 0 Å². The highest BCUT2D eigenvalue weighted by atomic mass is 35.5. The third-order valence-electron chi connectivity index (χ3n) is 4.20. The number of carbonyl (C=O) groups is 1. The number of nitrogens with one attached hydrogen (secondary N) is 1. The maximum Gasteiger partial charge on any atom is 0.256 e. The molecular weight excluding hydrogens is 302 g/mol. The van der Waals surface area contributed by atoms with Crippen LogP contribution in [0.4, 0.5) is 5.69 Å². The van der Waals surface area contributed by atoms with Gasteiger partial charge < -0.3 is 14.8 Å². The number of benzene rings is 1. The smallest absolute Gasteiger partial charge is 0.256 e. The molecule has 0 unspecified atom stereocenters. The van der Waals surface area contributed by atoms with E-state index in [1.807, 2.05) is 6.92 Å². The van der Waals surface area contributed by atoms with Crippen molar-refractivity contribution >= 4 is 23.2 Å². The quantitative estimate of drug-likeness (QED) is 0.879. The summed E-state index contributed by atoms with van der Waals surface area (Å²) in [5, 5.41) is 3.42. The third-order valence-corrected chi connectivity index (χ3v) is 4.50. The van der Waals surface area contributed by atoms with E-state index in [-0.39, 0.29) is 5.91 Å². The molecule has 4 nitrogen and oxygen atoms in total. The van der Waals surface area contributed by atoms with Crippen molar-refractivity contribution in [3.63, 3.8) is 0 Å². The van der Waals surface area contributed by atoms with E-state index in [1.165, 1.54) is 0 Å². The summed E-state index contributed by atoms with van der Waals surface area (Å²) < 4.78 is 11.0. The van der Waals surface area contributed by atoms with Crippen LogP contribution in [0.15, 0.2) is 18.2 Å². The van der Waals surface area contributed by atoms with E-state index in [4.69, 9.17) is 21.1 Å². The molecule has 1 aliphatic rings. The first kappa shape index (κ1) is 17.1. The molecule has 0 spiro atoms. The highest BCUT2D eigenvalue weighted by Crippen LogP contribution is 2.36. The van der Waals surface area contributed by atoms with Crippen molar-refractivity contribution in [2.45, 2.75) is 45.1 Å². The van der Waals surface area contributed by atoms with Gasteiger partial charge in [-0.2, -0.15) is 0 Å². The summed E-state index contributed by atoms with van der Waals surface area (Å²) in [5.41, 5.74) is -0.0631. The fraction of sp³-hybridized carbons (Fsp3) is 0.588. The number of hydrogen-bond donors (Lipinski definition) is 1. The largest absolute Gasteiger partial charge is 0.495 e. The number of anilines is 1. The number of methoxy groups -OCH3 is 1. The Morgan fingerprint density at radius 2 is 2.27 bits per heavy atom. The van der Waals surface area contributed by atoms with Gasteiger partial charge in [0, 0.05) is 12.3 Å². The maximum absolute atomic E-state index is 12.8. The SMILES string of the molecule is CCO[C@@]1(C(=O)Nc2ccc(OC)c(Cl)c2)CCC[C@H](C)C1. The van der Waals surface area contributed by atoms with Gasteiger partial charge in [0.05, 0.1) is 12.1 Å². The lowest BCUT2D eigenvalue weighted by atomic mass is 9.78. The predicted molar refractivity (Wildman–Crippen MR) is 88.6 cm³/mol. The van der Waals surface area contributed by atoms with Crippen LogP contribution in [0.3, 0.4) is 0 Å². The lowest BCUT2D eigenvalue weighted by molar-refractivity contribution is -0.147. The Bertz CT molecular complexity index is 531. The van der Waals surface area contributed by atoms with Crippen molar-refractivity contribution < 1.29 is 14.3 Å². The van der Waals surface area contributed by atoms with Crippen molar-refractivity contribution in [2.75, 3.05) is 19.0 Å². The second-order valence-electron chi connectivity index (χ2n) is 5.93. The van der Waals surface area contributed by atoms with Crippen LogP contribution in [0.5, 0.6) is 5.75 Å². The zero-order valence-corrected chi connectivity index (χ0v) is 14.2. The summed E-state index contributed by atoms with van der Waals surface area (Å²) in [7, 11) is 1.56. The van der Waals surface area contributed by atoms with Crippen molar-refractivity contribution in [1.82, 2.24) is 0 Å². The Kier molecular flexibility index (Phi) is 5.70. The van der Waals surface area contributed by atoms with Crippen molar-refractivity contribution in [3.8, 4) is 5.75 Å². The molecule has 1 saturated carbocycles. The minimum absolute atomic E-state index is 0.0814. The minimum Gasteiger partial charge on any atom is -0.495 e. The topological polar surface area (TPSA) is 47.6 Å². The maximum atomic E-state index is 12.8. The van der Waals surface area contributed by atoms with Gasteiger partial charge in [-0.3, -0.25) is 4.79 Å². The summed E-state index contributed by atoms with van der Waals surface area (Å²) in [6.07, 6.45) is 3.69. The van der Waals surface area contributed by atoms with Gasteiger partial charge in [0.25, 0.3) is 5.91 Å². The van der Waals surface area contributed by atoms with Crippen LogP contribution >= 0.6 is 11.6 Å². The lowest BCUT2D eigenvalue weighted by Crippen LogP contribution is -2.48. The van der Waals surface area contributed by atoms with Gasteiger partial charge in [0.15, 0.2) is 0 Å². The summed E-state index contributed by atoms with van der Waals surface area (Å²) in [6.45, 7) is 4.63. The highest BCUT2D eigenvalue weighted by molar-refractivity contribution is 6.32. The Morgan fingerprint density at radius 3 is 2.86 bits per heavy atom. The van der Waals surface area contributed by atoms with Gasteiger partial charge in [-0.05, 0) is 50.3 Å². The molecule has 5 heteroatoms. The molecule has 22 heavy (non-hydrogen) atoms. The van der Waals surface area contributed by atoms with E-state index in [2.05, 4.69) is 12.2 Å². The molecule has 0 saturated heterocycles. The van der Waals surface area contributed by atoms with Crippen LogP contribution in [-0.4, -0.2) is 25.2 Å². The van der Waals surface area contributed by atoms with E-state index in [0.717, 1.165) is 25.7 Å². The van der Waals surface area contributed by atoms with Gasteiger partial charge in [-0.1, -0.05) is 24.9 Å². The minimum atomic E-state index is -0.723. The first-order valence-electron chi connectivity index (χ1n) is 7.79. The van der Waals surface area contributed by atoms with E-state index in [0.29, 0.717) is 29.0 Å². The fourth-order valence-corrected chi connectivity index (χ4v) is 3.43. The van der Waals surface area contributed by atoms with Crippen LogP contribution in [0, 0.1) is 5.92 Å². The Balaban J connectivity index is 2.16. The molecule has 0 radical (unpaired) electrons. The van der Waals surface area contributed by atoms with Crippen LogP contribution in [0.25, 0.3) is 0 Å². The number of halogens is 1. The second-order valence-corrected chi connectivity index (χ2v) is 6.34. The molecule has 0 aliphatic heterocycles. The first-order valence-corrected chi connectivity index (χ1v) is 8.17. The molecule has 1 fully saturated rings. The normalized spacial score (nSPS) is 24.8.